The molecule has 100 valence electrons. The summed E-state index contributed by atoms with van der Waals surface area (Å²) in [6, 6.07) is 5.91. The number of hydrogen-bond donors (Lipinski definition) is 0. The summed E-state index contributed by atoms with van der Waals surface area (Å²) >= 11 is 0. The Balaban J connectivity index is 0. The van der Waals surface area contributed by atoms with Crippen molar-refractivity contribution in [3.8, 4) is 11.5 Å². The number of ether oxygens (including phenoxy) is 2. The second-order valence-corrected chi connectivity index (χ2v) is 3.26. The van der Waals surface area contributed by atoms with Crippen molar-refractivity contribution in [3.05, 3.63) is 23.8 Å². The summed E-state index contributed by atoms with van der Waals surface area (Å²) in [5, 5.41) is 0. The second kappa shape index (κ2) is 11.3. The molecule has 1 rings (SSSR count). The highest BCUT2D eigenvalue weighted by Gasteiger charge is 2.07. The Bertz CT molecular complexity index is 280. The summed E-state index contributed by atoms with van der Waals surface area (Å²) in [4.78, 5) is 0. The topological polar surface area (TPSA) is 18.5 Å². The zero-order valence-electron chi connectivity index (χ0n) is 12.6. The van der Waals surface area contributed by atoms with Crippen LogP contribution in [0.2, 0.25) is 0 Å². The maximum atomic E-state index is 5.27. The Morgan fingerprint density at radius 1 is 0.882 bits per heavy atom. The summed E-state index contributed by atoms with van der Waals surface area (Å²) in [5.74, 6) is 2.21. The van der Waals surface area contributed by atoms with Gasteiger partial charge < -0.3 is 9.47 Å². The zero-order valence-corrected chi connectivity index (χ0v) is 12.6. The second-order valence-electron chi connectivity index (χ2n) is 3.26. The third-order valence-electron chi connectivity index (χ3n) is 2.06. The third kappa shape index (κ3) is 6.20. The molecule has 0 bridgehead atoms. The minimum absolute atomic E-state index is 0.473. The first-order chi connectivity index (χ1) is 8.19. The molecule has 2 heteroatoms. The molecule has 2 nitrogen and oxygen atoms in total. The van der Waals surface area contributed by atoms with Crippen LogP contribution < -0.4 is 9.47 Å². The van der Waals surface area contributed by atoms with Crippen molar-refractivity contribution in [1.29, 1.82) is 0 Å². The number of methoxy groups -OCH3 is 2. The quantitative estimate of drug-likeness (QED) is 0.749. The van der Waals surface area contributed by atoms with Crippen LogP contribution >= 0.6 is 0 Å². The first-order valence-corrected chi connectivity index (χ1v) is 6.41. The first-order valence-electron chi connectivity index (χ1n) is 6.41. The summed E-state index contributed by atoms with van der Waals surface area (Å²) in [7, 11) is 3.34. The van der Waals surface area contributed by atoms with E-state index in [1.165, 1.54) is 5.56 Å². The van der Waals surface area contributed by atoms with Gasteiger partial charge in [0.05, 0.1) is 14.2 Å². The lowest BCUT2D eigenvalue weighted by Crippen LogP contribution is -1.94. The first kappa shape index (κ1) is 18.2. The fraction of sp³-hybridized carbons (Fsp3) is 0.600. The Kier molecular flexibility index (Phi) is 12.1. The van der Waals surface area contributed by atoms with Gasteiger partial charge in [-0.3, -0.25) is 0 Å². The largest absolute Gasteiger partial charge is 0.497 e. The van der Waals surface area contributed by atoms with Gasteiger partial charge in [-0.2, -0.15) is 0 Å². The van der Waals surface area contributed by atoms with Crippen LogP contribution in [0.1, 0.15) is 53.0 Å². The fourth-order valence-electron chi connectivity index (χ4n) is 1.30. The van der Waals surface area contributed by atoms with Gasteiger partial charge in [-0.1, -0.05) is 47.6 Å². The lowest BCUT2D eigenvalue weighted by Gasteiger charge is -2.12. The van der Waals surface area contributed by atoms with Crippen molar-refractivity contribution >= 4 is 0 Å². The molecule has 0 radical (unpaired) electrons. The van der Waals surface area contributed by atoms with E-state index in [2.05, 4.69) is 13.8 Å². The van der Waals surface area contributed by atoms with E-state index in [0.717, 1.165) is 11.5 Å². The minimum Gasteiger partial charge on any atom is -0.497 e. The normalized spacial score (nSPS) is 8.53. The Labute approximate surface area is 107 Å². The number of hydrogen-bond acceptors (Lipinski definition) is 2. The predicted molar refractivity (Wildman–Crippen MR) is 76.3 cm³/mol. The van der Waals surface area contributed by atoms with Crippen LogP contribution in [0.15, 0.2) is 18.2 Å². The van der Waals surface area contributed by atoms with E-state index >= 15 is 0 Å². The van der Waals surface area contributed by atoms with Crippen molar-refractivity contribution in [3.63, 3.8) is 0 Å². The molecular weight excluding hydrogens is 212 g/mol. The van der Waals surface area contributed by atoms with Crippen LogP contribution in [0.3, 0.4) is 0 Å². The number of rotatable bonds is 3. The fourth-order valence-corrected chi connectivity index (χ4v) is 1.30. The monoisotopic (exact) mass is 240 g/mol. The van der Waals surface area contributed by atoms with Gasteiger partial charge in [-0.15, -0.1) is 0 Å². The standard InChI is InChI=1S/C11H16O2.2C2H6/c1-8(2)10-6-5-9(12-3)7-11(10)13-4;2*1-2/h5-8H,1-4H3;2*1-2H3. The molecule has 0 saturated carbocycles. The molecule has 1 aromatic carbocycles. The van der Waals surface area contributed by atoms with Gasteiger partial charge in [0.2, 0.25) is 0 Å². The van der Waals surface area contributed by atoms with Crippen LogP contribution in [0.4, 0.5) is 0 Å². The molecule has 0 saturated heterocycles. The smallest absolute Gasteiger partial charge is 0.126 e. The predicted octanol–water partition coefficient (Wildman–Crippen LogP) is 4.88. The molecule has 0 aliphatic carbocycles. The highest BCUT2D eigenvalue weighted by atomic mass is 16.5. The van der Waals surface area contributed by atoms with Gasteiger partial charge in [0, 0.05) is 6.07 Å². The molecule has 0 aliphatic rings. The van der Waals surface area contributed by atoms with Crippen LogP contribution in [0.25, 0.3) is 0 Å². The van der Waals surface area contributed by atoms with E-state index in [9.17, 15) is 0 Å². The molecule has 0 unspecified atom stereocenters. The van der Waals surface area contributed by atoms with Gasteiger partial charge in [0.1, 0.15) is 11.5 Å². The Morgan fingerprint density at radius 3 is 1.76 bits per heavy atom. The molecular formula is C15H28O2. The summed E-state index contributed by atoms with van der Waals surface area (Å²) in [5.41, 5.74) is 1.21. The third-order valence-corrected chi connectivity index (χ3v) is 2.06. The molecule has 1 aromatic rings. The van der Waals surface area contributed by atoms with E-state index in [4.69, 9.17) is 9.47 Å². The average Bonchev–Trinajstić information content (AvgIpc) is 2.42. The summed E-state index contributed by atoms with van der Waals surface area (Å²) < 4.78 is 10.4. The molecule has 0 spiro atoms. The Morgan fingerprint density at radius 2 is 1.41 bits per heavy atom. The van der Waals surface area contributed by atoms with Crippen molar-refractivity contribution in [2.75, 3.05) is 14.2 Å². The average molecular weight is 240 g/mol. The van der Waals surface area contributed by atoms with Crippen molar-refractivity contribution in [2.45, 2.75) is 47.5 Å². The van der Waals surface area contributed by atoms with Crippen LogP contribution in [-0.2, 0) is 0 Å². The van der Waals surface area contributed by atoms with Crippen molar-refractivity contribution in [1.82, 2.24) is 0 Å². The summed E-state index contributed by atoms with van der Waals surface area (Å²) in [6.07, 6.45) is 0. The van der Waals surface area contributed by atoms with Crippen molar-refractivity contribution in [2.24, 2.45) is 0 Å². The van der Waals surface area contributed by atoms with Gasteiger partial charge in [0.25, 0.3) is 0 Å². The molecule has 0 atom stereocenters. The molecule has 0 amide bonds. The molecule has 0 heterocycles. The number of benzene rings is 1. The summed E-state index contributed by atoms with van der Waals surface area (Å²) in [6.45, 7) is 12.3. The highest BCUT2D eigenvalue weighted by molar-refractivity contribution is 5.42. The van der Waals surface area contributed by atoms with E-state index < -0.39 is 0 Å². The van der Waals surface area contributed by atoms with E-state index in [1.807, 2.05) is 45.9 Å². The molecule has 0 aromatic heterocycles. The SMILES string of the molecule is CC.CC.COc1ccc(C(C)C)c(OC)c1. The maximum absolute atomic E-state index is 5.27. The lowest BCUT2D eigenvalue weighted by molar-refractivity contribution is 0.389. The zero-order chi connectivity index (χ0) is 13.8. The molecule has 0 N–H and O–H groups in total. The van der Waals surface area contributed by atoms with E-state index in [-0.39, 0.29) is 0 Å². The van der Waals surface area contributed by atoms with Crippen LogP contribution in [-0.4, -0.2) is 14.2 Å². The molecule has 0 fully saturated rings. The highest BCUT2D eigenvalue weighted by Crippen LogP contribution is 2.29. The van der Waals surface area contributed by atoms with Gasteiger partial charge >= 0.3 is 0 Å². The molecule has 17 heavy (non-hydrogen) atoms. The maximum Gasteiger partial charge on any atom is 0.126 e. The van der Waals surface area contributed by atoms with Crippen LogP contribution in [0.5, 0.6) is 11.5 Å². The Hall–Kier alpha value is -1.18. The van der Waals surface area contributed by atoms with Crippen LogP contribution in [0, 0.1) is 0 Å². The minimum atomic E-state index is 0.473. The van der Waals surface area contributed by atoms with Gasteiger partial charge in [0.15, 0.2) is 0 Å². The molecule has 0 aliphatic heterocycles. The van der Waals surface area contributed by atoms with Gasteiger partial charge in [-0.05, 0) is 17.5 Å². The van der Waals surface area contributed by atoms with Crippen molar-refractivity contribution < 1.29 is 9.47 Å². The van der Waals surface area contributed by atoms with E-state index in [1.54, 1.807) is 14.2 Å². The van der Waals surface area contributed by atoms with E-state index in [0.29, 0.717) is 5.92 Å². The van der Waals surface area contributed by atoms with Gasteiger partial charge in [-0.25, -0.2) is 0 Å². The lowest BCUT2D eigenvalue weighted by atomic mass is 10.0.